The average Bonchev–Trinajstić information content (AvgIpc) is 2.90. The molecule has 21 heavy (non-hydrogen) atoms. The number of sulfonamides is 1. The number of carbonyl (C=O) groups is 1. The molecule has 0 radical (unpaired) electrons. The number of thiocarbonyl (C=S) groups is 1. The molecule has 1 rings (SSSR count). The molecule has 0 saturated carbocycles. The number of nitrogens with two attached hydrogens (primary N) is 1. The summed E-state index contributed by atoms with van der Waals surface area (Å²) in [4.78, 5) is 14.3. The lowest BCUT2D eigenvalue weighted by atomic mass is 10.4. The van der Waals surface area contributed by atoms with Crippen LogP contribution in [0.1, 0.15) is 18.7 Å². The fourth-order valence-electron chi connectivity index (χ4n) is 1.70. The average molecular weight is 350 g/mol. The van der Waals surface area contributed by atoms with E-state index < -0.39 is 10.0 Å². The van der Waals surface area contributed by atoms with Gasteiger partial charge in [0.05, 0.1) is 11.4 Å². The zero-order chi connectivity index (χ0) is 16.2. The minimum Gasteiger partial charge on any atom is -0.389 e. The Morgan fingerprint density at radius 2 is 1.90 bits per heavy atom. The third-order valence-corrected chi connectivity index (χ3v) is 6.70. The summed E-state index contributed by atoms with van der Waals surface area (Å²) < 4.78 is 25.9. The summed E-state index contributed by atoms with van der Waals surface area (Å²) in [7, 11) is -2.32. The number of hydrogen-bond acceptors (Lipinski definition) is 5. The van der Waals surface area contributed by atoms with E-state index in [4.69, 9.17) is 18.0 Å². The number of hydrogen-bond donors (Lipinski definition) is 1. The quantitative estimate of drug-likeness (QED) is 0.739. The molecule has 2 N–H and O–H groups in total. The van der Waals surface area contributed by atoms with Crippen LogP contribution in [0.4, 0.5) is 0 Å². The summed E-state index contributed by atoms with van der Waals surface area (Å²) in [5.74, 6) is -0.225. The lowest BCUT2D eigenvalue weighted by molar-refractivity contribution is -0.130. The van der Waals surface area contributed by atoms with Gasteiger partial charge in [-0.3, -0.25) is 4.79 Å². The third kappa shape index (κ3) is 4.22. The molecule has 0 aliphatic heterocycles. The van der Waals surface area contributed by atoms with Gasteiger partial charge in [0, 0.05) is 20.1 Å². The monoisotopic (exact) mass is 349 g/mol. The van der Waals surface area contributed by atoms with E-state index in [2.05, 4.69) is 0 Å². The van der Waals surface area contributed by atoms with Crippen LogP contribution in [0, 0.1) is 0 Å². The van der Waals surface area contributed by atoms with Crippen molar-refractivity contribution in [3.8, 4) is 0 Å². The van der Waals surface area contributed by atoms with Crippen LogP contribution in [0.15, 0.2) is 16.3 Å². The van der Waals surface area contributed by atoms with E-state index in [9.17, 15) is 13.2 Å². The number of nitrogens with zero attached hydrogens (tertiary/aromatic N) is 2. The van der Waals surface area contributed by atoms with Gasteiger partial charge in [-0.1, -0.05) is 12.2 Å². The first-order chi connectivity index (χ1) is 9.73. The highest BCUT2D eigenvalue weighted by Crippen LogP contribution is 2.24. The summed E-state index contributed by atoms with van der Waals surface area (Å²) in [6.07, 6.45) is 0. The Hall–Kier alpha value is -1.03. The van der Waals surface area contributed by atoms with Gasteiger partial charge >= 0.3 is 0 Å². The predicted molar refractivity (Wildman–Crippen MR) is 88.0 cm³/mol. The van der Waals surface area contributed by atoms with Crippen molar-refractivity contribution in [1.82, 2.24) is 9.21 Å². The zero-order valence-electron chi connectivity index (χ0n) is 12.2. The number of carbonyl (C=O) groups excluding carboxylic acids is 1. The van der Waals surface area contributed by atoms with Gasteiger partial charge in [0.1, 0.15) is 9.20 Å². The molecule has 0 aromatic carbocycles. The van der Waals surface area contributed by atoms with Gasteiger partial charge in [0.2, 0.25) is 5.91 Å². The largest absolute Gasteiger partial charge is 0.389 e. The van der Waals surface area contributed by atoms with Crippen molar-refractivity contribution in [3.05, 3.63) is 17.0 Å². The van der Waals surface area contributed by atoms with Crippen molar-refractivity contribution in [3.63, 3.8) is 0 Å². The molecule has 0 bridgehead atoms. The van der Waals surface area contributed by atoms with Gasteiger partial charge in [0.15, 0.2) is 0 Å². The molecule has 118 valence electrons. The van der Waals surface area contributed by atoms with Gasteiger partial charge in [-0.15, -0.1) is 11.3 Å². The van der Waals surface area contributed by atoms with Crippen molar-refractivity contribution >= 4 is 44.5 Å². The van der Waals surface area contributed by atoms with Crippen molar-refractivity contribution in [1.29, 1.82) is 0 Å². The minimum absolute atomic E-state index is 0.125. The molecule has 1 aromatic heterocycles. The molecule has 0 aliphatic carbocycles. The molecule has 0 spiro atoms. The summed E-state index contributed by atoms with van der Waals surface area (Å²) in [5, 5.41) is 0. The van der Waals surface area contributed by atoms with E-state index in [-0.39, 0.29) is 21.6 Å². The van der Waals surface area contributed by atoms with E-state index in [0.717, 1.165) is 15.6 Å². The van der Waals surface area contributed by atoms with Crippen LogP contribution in [-0.2, 0) is 14.8 Å². The van der Waals surface area contributed by atoms with Gasteiger partial charge in [-0.2, -0.15) is 4.31 Å². The van der Waals surface area contributed by atoms with Crippen molar-refractivity contribution in [2.45, 2.75) is 18.1 Å². The molecular formula is C12H19N3O3S3. The maximum Gasteiger partial charge on any atom is 0.252 e. The first kappa shape index (κ1) is 18.0. The summed E-state index contributed by atoms with van der Waals surface area (Å²) in [6, 6.07) is 3.02. The second kappa shape index (κ2) is 7.30. The van der Waals surface area contributed by atoms with Crippen molar-refractivity contribution < 1.29 is 13.2 Å². The second-order valence-electron chi connectivity index (χ2n) is 4.31. The highest BCUT2D eigenvalue weighted by atomic mass is 32.2. The summed E-state index contributed by atoms with van der Waals surface area (Å²) in [5.41, 5.74) is 5.48. The molecule has 0 atom stereocenters. The third-order valence-electron chi connectivity index (χ3n) is 2.96. The van der Waals surface area contributed by atoms with E-state index >= 15 is 0 Å². The smallest absolute Gasteiger partial charge is 0.252 e. The summed E-state index contributed by atoms with van der Waals surface area (Å²) >= 11 is 5.82. The molecular weight excluding hydrogens is 330 g/mol. The SMILES string of the molecule is CCN(CC)C(=O)CN(C)S(=O)(=O)c1ccc(C(N)=S)s1. The van der Waals surface area contributed by atoms with E-state index in [1.54, 1.807) is 11.0 Å². The van der Waals surface area contributed by atoms with Gasteiger partial charge in [-0.25, -0.2) is 8.42 Å². The van der Waals surface area contributed by atoms with Crippen LogP contribution in [0.5, 0.6) is 0 Å². The fourth-order valence-corrected chi connectivity index (χ4v) is 4.38. The number of thiophene rings is 1. The predicted octanol–water partition coefficient (Wildman–Crippen LogP) is 0.871. The van der Waals surface area contributed by atoms with E-state index in [1.807, 2.05) is 13.8 Å². The number of likely N-dealkylation sites (N-methyl/N-ethyl adjacent to an activating group) is 2. The Morgan fingerprint density at radius 1 is 1.33 bits per heavy atom. The Morgan fingerprint density at radius 3 is 2.33 bits per heavy atom. The zero-order valence-corrected chi connectivity index (χ0v) is 14.6. The molecule has 0 saturated heterocycles. The number of rotatable bonds is 7. The Bertz CT molecular complexity index is 621. The van der Waals surface area contributed by atoms with Crippen LogP contribution in [-0.4, -0.2) is 55.2 Å². The first-order valence-electron chi connectivity index (χ1n) is 6.37. The molecule has 0 fully saturated rings. The summed E-state index contributed by atoms with van der Waals surface area (Å²) in [6.45, 7) is 4.61. The topological polar surface area (TPSA) is 83.7 Å². The standard InChI is InChI=1S/C12H19N3O3S3/c1-4-15(5-2)10(16)8-14(3)21(17,18)11-7-6-9(20-11)12(13)19/h6-7H,4-5,8H2,1-3H3,(H2,13,19). The van der Waals surface area contributed by atoms with Crippen LogP contribution in [0.3, 0.4) is 0 Å². The molecule has 0 unspecified atom stereocenters. The highest BCUT2D eigenvalue weighted by molar-refractivity contribution is 7.91. The Kier molecular flexibility index (Phi) is 6.26. The molecule has 9 heteroatoms. The molecule has 6 nitrogen and oxygen atoms in total. The maximum absolute atomic E-state index is 12.4. The number of amides is 1. The van der Waals surface area contributed by atoms with Crippen LogP contribution >= 0.6 is 23.6 Å². The molecule has 1 amide bonds. The maximum atomic E-state index is 12.4. The Balaban J connectivity index is 2.91. The molecule has 0 aliphatic rings. The second-order valence-corrected chi connectivity index (χ2v) is 8.11. The van der Waals surface area contributed by atoms with Gasteiger partial charge < -0.3 is 10.6 Å². The Labute approximate surface area is 134 Å². The fraction of sp³-hybridized carbons (Fsp3) is 0.500. The normalized spacial score (nSPS) is 11.6. The minimum atomic E-state index is -3.71. The van der Waals surface area contributed by atoms with Crippen LogP contribution < -0.4 is 5.73 Å². The first-order valence-corrected chi connectivity index (χ1v) is 9.04. The van der Waals surface area contributed by atoms with E-state index in [0.29, 0.717) is 18.0 Å². The molecule has 1 heterocycles. The van der Waals surface area contributed by atoms with Crippen molar-refractivity contribution in [2.75, 3.05) is 26.7 Å². The van der Waals surface area contributed by atoms with Gasteiger partial charge in [0.25, 0.3) is 10.0 Å². The van der Waals surface area contributed by atoms with Gasteiger partial charge in [-0.05, 0) is 26.0 Å². The van der Waals surface area contributed by atoms with E-state index in [1.165, 1.54) is 13.1 Å². The lowest BCUT2D eigenvalue weighted by Crippen LogP contribution is -2.40. The lowest BCUT2D eigenvalue weighted by Gasteiger charge is -2.22. The van der Waals surface area contributed by atoms with Crippen LogP contribution in [0.2, 0.25) is 0 Å². The highest BCUT2D eigenvalue weighted by Gasteiger charge is 2.26. The van der Waals surface area contributed by atoms with Crippen LogP contribution in [0.25, 0.3) is 0 Å². The molecule has 1 aromatic rings. The van der Waals surface area contributed by atoms with Crippen molar-refractivity contribution in [2.24, 2.45) is 5.73 Å².